The van der Waals surface area contributed by atoms with Gasteiger partial charge in [0.15, 0.2) is 5.17 Å². The van der Waals surface area contributed by atoms with Crippen LogP contribution in [0.1, 0.15) is 5.76 Å². The third-order valence-corrected chi connectivity index (χ3v) is 5.05. The van der Waals surface area contributed by atoms with Crippen molar-refractivity contribution in [3.05, 3.63) is 81.9 Å². The number of amides is 1. The zero-order chi connectivity index (χ0) is 17.9. The predicted molar refractivity (Wildman–Crippen MR) is 109 cm³/mol. The highest BCUT2D eigenvalue weighted by atomic mass is 79.9. The van der Waals surface area contributed by atoms with E-state index in [9.17, 15) is 4.79 Å². The highest BCUT2D eigenvalue weighted by Gasteiger charge is 2.24. The molecule has 26 heavy (non-hydrogen) atoms. The van der Waals surface area contributed by atoms with Crippen molar-refractivity contribution in [1.82, 2.24) is 5.32 Å². The van der Waals surface area contributed by atoms with Crippen LogP contribution in [0.3, 0.4) is 0 Å². The van der Waals surface area contributed by atoms with E-state index in [2.05, 4.69) is 26.2 Å². The SMILES string of the molecule is O=C1NC(=Nc2ccccc2)S/C1=C\c1ccc(-c2cccc(Br)c2)o1. The van der Waals surface area contributed by atoms with Gasteiger partial charge >= 0.3 is 0 Å². The van der Waals surface area contributed by atoms with E-state index in [1.165, 1.54) is 11.8 Å². The molecule has 1 fully saturated rings. The summed E-state index contributed by atoms with van der Waals surface area (Å²) in [6.07, 6.45) is 1.73. The van der Waals surface area contributed by atoms with Gasteiger partial charge in [0.05, 0.1) is 10.6 Å². The molecule has 3 aromatic rings. The summed E-state index contributed by atoms with van der Waals surface area (Å²) in [4.78, 5) is 17.2. The van der Waals surface area contributed by atoms with Gasteiger partial charge in [0, 0.05) is 16.1 Å². The standard InChI is InChI=1S/C20H13BrN2O2S/c21-14-6-4-5-13(11-14)17-10-9-16(25-17)12-18-19(24)23-20(26-18)22-15-7-2-1-3-8-15/h1-12H,(H,22,23,24)/b18-12-. The molecule has 1 aliphatic rings. The Labute approximate surface area is 163 Å². The second-order valence-corrected chi connectivity index (χ2v) is 7.48. The average molecular weight is 425 g/mol. The van der Waals surface area contributed by atoms with E-state index in [4.69, 9.17) is 4.42 Å². The molecule has 0 aliphatic carbocycles. The van der Waals surface area contributed by atoms with E-state index in [-0.39, 0.29) is 5.91 Å². The topological polar surface area (TPSA) is 54.6 Å². The summed E-state index contributed by atoms with van der Waals surface area (Å²) in [5, 5.41) is 3.34. The van der Waals surface area contributed by atoms with Gasteiger partial charge in [-0.25, -0.2) is 4.99 Å². The molecule has 0 radical (unpaired) electrons. The van der Waals surface area contributed by atoms with Crippen LogP contribution in [-0.4, -0.2) is 11.1 Å². The van der Waals surface area contributed by atoms with Gasteiger partial charge in [-0.2, -0.15) is 0 Å². The Hall–Kier alpha value is -2.57. The van der Waals surface area contributed by atoms with E-state index in [1.54, 1.807) is 6.08 Å². The highest BCUT2D eigenvalue weighted by Crippen LogP contribution is 2.30. The smallest absolute Gasteiger partial charge is 0.264 e. The Morgan fingerprint density at radius 3 is 2.69 bits per heavy atom. The van der Waals surface area contributed by atoms with Gasteiger partial charge in [-0.15, -0.1) is 0 Å². The molecule has 1 amide bonds. The summed E-state index contributed by atoms with van der Waals surface area (Å²) >= 11 is 4.75. The van der Waals surface area contributed by atoms with Crippen LogP contribution in [0.15, 0.2) is 85.5 Å². The molecular weight excluding hydrogens is 412 g/mol. The lowest BCUT2D eigenvalue weighted by atomic mass is 10.2. The fourth-order valence-electron chi connectivity index (χ4n) is 2.46. The normalized spacial score (nSPS) is 17.0. The van der Waals surface area contributed by atoms with Crippen LogP contribution in [0.5, 0.6) is 0 Å². The number of aliphatic imine (C=N–C) groups is 1. The van der Waals surface area contributed by atoms with Gasteiger partial charge in [-0.3, -0.25) is 4.79 Å². The highest BCUT2D eigenvalue weighted by molar-refractivity contribution is 9.10. The van der Waals surface area contributed by atoms with E-state index in [0.717, 1.165) is 21.5 Å². The molecule has 2 aromatic carbocycles. The Bertz CT molecular complexity index is 1030. The van der Waals surface area contributed by atoms with E-state index < -0.39 is 0 Å². The molecule has 1 N–H and O–H groups in total. The maximum Gasteiger partial charge on any atom is 0.264 e. The number of carbonyl (C=O) groups excluding carboxylic acids is 1. The average Bonchev–Trinajstić information content (AvgIpc) is 3.23. The van der Waals surface area contributed by atoms with Gasteiger partial charge in [-0.1, -0.05) is 46.3 Å². The lowest BCUT2D eigenvalue weighted by molar-refractivity contribution is -0.115. The molecule has 4 nitrogen and oxygen atoms in total. The Morgan fingerprint density at radius 1 is 1.04 bits per heavy atom. The van der Waals surface area contributed by atoms with E-state index >= 15 is 0 Å². The number of carbonyl (C=O) groups is 1. The number of para-hydroxylation sites is 1. The molecule has 0 atom stereocenters. The molecule has 4 rings (SSSR count). The fourth-order valence-corrected chi connectivity index (χ4v) is 3.68. The minimum absolute atomic E-state index is 0.176. The number of hydrogen-bond acceptors (Lipinski definition) is 4. The molecule has 128 valence electrons. The lowest BCUT2D eigenvalue weighted by Crippen LogP contribution is -2.19. The van der Waals surface area contributed by atoms with Crippen LogP contribution >= 0.6 is 27.7 Å². The number of thioether (sulfide) groups is 1. The number of amidine groups is 1. The van der Waals surface area contributed by atoms with Crippen molar-refractivity contribution in [3.63, 3.8) is 0 Å². The first-order valence-corrected chi connectivity index (χ1v) is 9.49. The number of nitrogens with zero attached hydrogens (tertiary/aromatic N) is 1. The van der Waals surface area contributed by atoms with Gasteiger partial charge in [0.25, 0.3) is 5.91 Å². The van der Waals surface area contributed by atoms with Crippen LogP contribution in [0.2, 0.25) is 0 Å². The molecule has 2 heterocycles. The summed E-state index contributed by atoms with van der Waals surface area (Å²) in [6, 6.07) is 21.1. The van der Waals surface area contributed by atoms with E-state index in [0.29, 0.717) is 15.8 Å². The van der Waals surface area contributed by atoms with Crippen molar-refractivity contribution < 1.29 is 9.21 Å². The molecule has 6 heteroatoms. The summed E-state index contributed by atoms with van der Waals surface area (Å²) in [5.74, 6) is 1.20. The molecule has 0 saturated carbocycles. The van der Waals surface area contributed by atoms with Crippen molar-refractivity contribution >= 4 is 50.5 Å². The number of benzene rings is 2. The summed E-state index contributed by atoms with van der Waals surface area (Å²) in [7, 11) is 0. The first kappa shape index (κ1) is 16.9. The van der Waals surface area contributed by atoms with Gasteiger partial charge in [0.1, 0.15) is 11.5 Å². The molecule has 1 aromatic heterocycles. The first-order chi connectivity index (χ1) is 12.7. The third kappa shape index (κ3) is 3.81. The van der Waals surface area contributed by atoms with Gasteiger partial charge in [-0.05, 0) is 48.2 Å². The largest absolute Gasteiger partial charge is 0.457 e. The minimum atomic E-state index is -0.176. The Balaban J connectivity index is 1.55. The fraction of sp³-hybridized carbons (Fsp3) is 0. The minimum Gasteiger partial charge on any atom is -0.457 e. The van der Waals surface area contributed by atoms with Gasteiger partial charge < -0.3 is 9.73 Å². The third-order valence-electron chi connectivity index (χ3n) is 3.65. The number of rotatable bonds is 3. The Morgan fingerprint density at radius 2 is 1.88 bits per heavy atom. The lowest BCUT2D eigenvalue weighted by Gasteiger charge is -1.97. The van der Waals surface area contributed by atoms with Crippen molar-refractivity contribution in [3.8, 4) is 11.3 Å². The zero-order valence-corrected chi connectivity index (χ0v) is 15.9. The number of halogens is 1. The molecule has 0 spiro atoms. The molecule has 0 bridgehead atoms. The van der Waals surface area contributed by atoms with Crippen LogP contribution in [0, 0.1) is 0 Å². The predicted octanol–water partition coefficient (Wildman–Crippen LogP) is 5.60. The van der Waals surface area contributed by atoms with Crippen LogP contribution in [-0.2, 0) is 4.79 Å². The van der Waals surface area contributed by atoms with Crippen LogP contribution in [0.25, 0.3) is 17.4 Å². The summed E-state index contributed by atoms with van der Waals surface area (Å²) < 4.78 is 6.84. The van der Waals surface area contributed by atoms with Crippen LogP contribution in [0.4, 0.5) is 5.69 Å². The maximum absolute atomic E-state index is 12.2. The second-order valence-electron chi connectivity index (χ2n) is 5.53. The molecular formula is C20H13BrN2O2S. The first-order valence-electron chi connectivity index (χ1n) is 7.88. The monoisotopic (exact) mass is 424 g/mol. The summed E-state index contributed by atoms with van der Waals surface area (Å²) in [6.45, 7) is 0. The zero-order valence-electron chi connectivity index (χ0n) is 13.5. The molecule has 1 saturated heterocycles. The molecule has 0 unspecified atom stereocenters. The van der Waals surface area contributed by atoms with Crippen molar-refractivity contribution in [2.75, 3.05) is 0 Å². The van der Waals surface area contributed by atoms with E-state index in [1.807, 2.05) is 66.7 Å². The van der Waals surface area contributed by atoms with Crippen molar-refractivity contribution in [2.24, 2.45) is 4.99 Å². The maximum atomic E-state index is 12.2. The number of hydrogen-bond donors (Lipinski definition) is 1. The van der Waals surface area contributed by atoms with Crippen LogP contribution < -0.4 is 5.32 Å². The van der Waals surface area contributed by atoms with Crippen molar-refractivity contribution in [1.29, 1.82) is 0 Å². The van der Waals surface area contributed by atoms with Crippen molar-refractivity contribution in [2.45, 2.75) is 0 Å². The second kappa shape index (κ2) is 7.35. The van der Waals surface area contributed by atoms with Gasteiger partial charge in [0.2, 0.25) is 0 Å². The molecule has 1 aliphatic heterocycles. The number of furan rings is 1. The Kier molecular flexibility index (Phi) is 4.77. The number of nitrogens with one attached hydrogen (secondary N) is 1. The quantitative estimate of drug-likeness (QED) is 0.556. The summed E-state index contributed by atoms with van der Waals surface area (Å²) in [5.41, 5.74) is 1.77.